The van der Waals surface area contributed by atoms with E-state index in [1.54, 1.807) is 6.20 Å². The zero-order valence-corrected chi connectivity index (χ0v) is 15.1. The van der Waals surface area contributed by atoms with Crippen molar-refractivity contribution in [1.82, 2.24) is 9.97 Å². The summed E-state index contributed by atoms with van der Waals surface area (Å²) in [6.45, 7) is 3.64. The minimum atomic E-state index is -2.92. The molecule has 1 unspecified atom stereocenters. The molecule has 3 heterocycles. The number of anilines is 3. The van der Waals surface area contributed by atoms with Gasteiger partial charge in [-0.2, -0.15) is 4.98 Å². The molecule has 0 spiro atoms. The Bertz CT molecular complexity index is 884. The first-order chi connectivity index (χ1) is 12.1. The molecule has 0 radical (unpaired) electrons. The van der Waals surface area contributed by atoms with E-state index in [9.17, 15) is 8.42 Å². The highest BCUT2D eigenvalue weighted by Crippen LogP contribution is 2.33. The second-order valence-electron chi connectivity index (χ2n) is 6.59. The first-order valence-corrected chi connectivity index (χ1v) is 10.5. The lowest BCUT2D eigenvalue weighted by Crippen LogP contribution is -2.37. The van der Waals surface area contributed by atoms with E-state index >= 15 is 0 Å². The molecule has 0 N–H and O–H groups in total. The van der Waals surface area contributed by atoms with Crippen LogP contribution in [0.1, 0.15) is 18.9 Å². The van der Waals surface area contributed by atoms with E-state index < -0.39 is 9.84 Å². The molecule has 2 aliphatic rings. The minimum Gasteiger partial charge on any atom is -0.353 e. The standard InChI is InChI=1S/C18H22N4O2S/c1-2-21(15-9-12-25(23,24)13-15)17-7-10-19-18(20-17)22-11-8-14-5-3-4-6-16(14)22/h3-7,10,15H,2,8-9,11-13H2,1H3. The van der Waals surface area contributed by atoms with Crippen LogP contribution in [0.4, 0.5) is 17.5 Å². The van der Waals surface area contributed by atoms with E-state index in [2.05, 4.69) is 33.0 Å². The fourth-order valence-corrected chi connectivity index (χ4v) is 5.53. The Morgan fingerprint density at radius 1 is 1.28 bits per heavy atom. The molecule has 7 heteroatoms. The molecule has 132 valence electrons. The molecule has 0 aliphatic carbocycles. The van der Waals surface area contributed by atoms with Gasteiger partial charge in [-0.05, 0) is 37.5 Å². The minimum absolute atomic E-state index is 0.00335. The highest BCUT2D eigenvalue weighted by atomic mass is 32.2. The second kappa shape index (κ2) is 6.29. The van der Waals surface area contributed by atoms with Gasteiger partial charge in [0.1, 0.15) is 5.82 Å². The Kier molecular flexibility index (Phi) is 4.11. The maximum Gasteiger partial charge on any atom is 0.231 e. The highest BCUT2D eigenvalue weighted by Gasteiger charge is 2.32. The van der Waals surface area contributed by atoms with Crippen molar-refractivity contribution in [3.8, 4) is 0 Å². The van der Waals surface area contributed by atoms with Crippen LogP contribution in [-0.4, -0.2) is 49.0 Å². The van der Waals surface area contributed by atoms with E-state index in [0.717, 1.165) is 31.0 Å². The predicted molar refractivity (Wildman–Crippen MR) is 99.3 cm³/mol. The van der Waals surface area contributed by atoms with E-state index in [1.807, 2.05) is 19.1 Å². The molecule has 0 bridgehead atoms. The van der Waals surface area contributed by atoms with E-state index in [-0.39, 0.29) is 17.5 Å². The average Bonchev–Trinajstić information content (AvgIpc) is 3.19. The lowest BCUT2D eigenvalue weighted by Gasteiger charge is -2.28. The van der Waals surface area contributed by atoms with E-state index in [0.29, 0.717) is 12.4 Å². The van der Waals surface area contributed by atoms with Crippen LogP contribution in [0.15, 0.2) is 36.5 Å². The molecule has 0 amide bonds. The Balaban J connectivity index is 1.63. The van der Waals surface area contributed by atoms with Crippen molar-refractivity contribution in [2.75, 3.05) is 34.4 Å². The largest absolute Gasteiger partial charge is 0.353 e. The van der Waals surface area contributed by atoms with Crippen LogP contribution in [0, 0.1) is 0 Å². The third kappa shape index (κ3) is 3.08. The van der Waals surface area contributed by atoms with Gasteiger partial charge in [0, 0.05) is 31.0 Å². The number of hydrogen-bond acceptors (Lipinski definition) is 6. The summed E-state index contributed by atoms with van der Waals surface area (Å²) in [5, 5.41) is 0. The number of benzene rings is 1. The van der Waals surface area contributed by atoms with Crippen LogP contribution >= 0.6 is 0 Å². The molecule has 1 saturated heterocycles. The normalized spacial score (nSPS) is 21.3. The zero-order valence-electron chi connectivity index (χ0n) is 14.3. The molecule has 1 atom stereocenters. The van der Waals surface area contributed by atoms with E-state index in [1.165, 1.54) is 5.56 Å². The van der Waals surface area contributed by atoms with Crippen LogP contribution in [0.2, 0.25) is 0 Å². The van der Waals surface area contributed by atoms with Gasteiger partial charge in [0.05, 0.1) is 11.5 Å². The molecule has 0 saturated carbocycles. The van der Waals surface area contributed by atoms with Gasteiger partial charge >= 0.3 is 0 Å². The summed E-state index contributed by atoms with van der Waals surface area (Å²) in [7, 11) is -2.92. The molecule has 4 rings (SSSR count). The number of rotatable bonds is 4. The lowest BCUT2D eigenvalue weighted by molar-refractivity contribution is 0.599. The van der Waals surface area contributed by atoms with Crippen molar-refractivity contribution in [1.29, 1.82) is 0 Å². The first-order valence-electron chi connectivity index (χ1n) is 8.73. The first kappa shape index (κ1) is 16.3. The fraction of sp³-hybridized carbons (Fsp3) is 0.444. The molecule has 1 aromatic heterocycles. The third-order valence-corrected chi connectivity index (χ3v) is 6.79. The summed E-state index contributed by atoms with van der Waals surface area (Å²) in [6, 6.07) is 10.2. The summed E-state index contributed by atoms with van der Waals surface area (Å²) < 4.78 is 23.7. The van der Waals surface area contributed by atoms with Crippen LogP contribution in [0.25, 0.3) is 0 Å². The lowest BCUT2D eigenvalue weighted by atomic mass is 10.2. The summed E-state index contributed by atoms with van der Waals surface area (Å²) in [4.78, 5) is 13.5. The third-order valence-electron chi connectivity index (χ3n) is 5.04. The maximum absolute atomic E-state index is 11.8. The van der Waals surface area contributed by atoms with Gasteiger partial charge in [-0.3, -0.25) is 0 Å². The van der Waals surface area contributed by atoms with Gasteiger partial charge in [0.2, 0.25) is 5.95 Å². The topological polar surface area (TPSA) is 66.4 Å². The second-order valence-corrected chi connectivity index (χ2v) is 8.82. The number of fused-ring (bicyclic) bond motifs is 1. The molecule has 1 fully saturated rings. The number of sulfone groups is 1. The number of para-hydroxylation sites is 1. The van der Waals surface area contributed by atoms with Gasteiger partial charge in [-0.25, -0.2) is 13.4 Å². The average molecular weight is 358 g/mol. The fourth-order valence-electron chi connectivity index (χ4n) is 3.80. The summed E-state index contributed by atoms with van der Waals surface area (Å²) in [5.74, 6) is 1.97. The van der Waals surface area contributed by atoms with Crippen LogP contribution in [-0.2, 0) is 16.3 Å². The SMILES string of the molecule is CCN(c1ccnc(N2CCc3ccccc32)n1)C1CCS(=O)(=O)C1. The Morgan fingerprint density at radius 3 is 2.88 bits per heavy atom. The molecular weight excluding hydrogens is 336 g/mol. The van der Waals surface area contributed by atoms with Crippen molar-refractivity contribution >= 4 is 27.3 Å². The molecular formula is C18H22N4O2S. The van der Waals surface area contributed by atoms with Gasteiger partial charge in [-0.1, -0.05) is 18.2 Å². The highest BCUT2D eigenvalue weighted by molar-refractivity contribution is 7.91. The Morgan fingerprint density at radius 2 is 2.12 bits per heavy atom. The Labute approximate surface area is 148 Å². The molecule has 25 heavy (non-hydrogen) atoms. The maximum atomic E-state index is 11.8. The zero-order chi connectivity index (χ0) is 17.4. The molecule has 2 aromatic rings. The van der Waals surface area contributed by atoms with Crippen molar-refractivity contribution in [3.05, 3.63) is 42.1 Å². The van der Waals surface area contributed by atoms with Crippen molar-refractivity contribution in [2.45, 2.75) is 25.8 Å². The Hall–Kier alpha value is -2.15. The van der Waals surface area contributed by atoms with Gasteiger partial charge in [-0.15, -0.1) is 0 Å². The van der Waals surface area contributed by atoms with Crippen molar-refractivity contribution in [3.63, 3.8) is 0 Å². The number of hydrogen-bond donors (Lipinski definition) is 0. The smallest absolute Gasteiger partial charge is 0.231 e. The molecule has 2 aliphatic heterocycles. The number of aromatic nitrogens is 2. The molecule has 6 nitrogen and oxygen atoms in total. The summed E-state index contributed by atoms with van der Waals surface area (Å²) in [5.41, 5.74) is 2.47. The van der Waals surface area contributed by atoms with Crippen molar-refractivity contribution < 1.29 is 8.42 Å². The predicted octanol–water partition coefficient (Wildman–Crippen LogP) is 2.18. The van der Waals surface area contributed by atoms with Crippen LogP contribution < -0.4 is 9.80 Å². The van der Waals surface area contributed by atoms with E-state index in [4.69, 9.17) is 4.98 Å². The monoisotopic (exact) mass is 358 g/mol. The summed E-state index contributed by atoms with van der Waals surface area (Å²) in [6.07, 6.45) is 3.43. The van der Waals surface area contributed by atoms with Gasteiger partial charge < -0.3 is 9.80 Å². The van der Waals surface area contributed by atoms with Gasteiger partial charge in [0.25, 0.3) is 0 Å². The van der Waals surface area contributed by atoms with Crippen molar-refractivity contribution in [2.24, 2.45) is 0 Å². The van der Waals surface area contributed by atoms with Crippen LogP contribution in [0.3, 0.4) is 0 Å². The van der Waals surface area contributed by atoms with Gasteiger partial charge in [0.15, 0.2) is 9.84 Å². The van der Waals surface area contributed by atoms with Crippen LogP contribution in [0.5, 0.6) is 0 Å². The summed E-state index contributed by atoms with van der Waals surface area (Å²) >= 11 is 0. The quantitative estimate of drug-likeness (QED) is 0.835. The molecule has 1 aromatic carbocycles. The number of nitrogens with zero attached hydrogens (tertiary/aromatic N) is 4.